The maximum Gasteiger partial charge on any atom is 0.416 e. The Morgan fingerprint density at radius 3 is 2.24 bits per heavy atom. The molecule has 3 nitrogen and oxygen atoms in total. The van der Waals surface area contributed by atoms with E-state index < -0.39 is 29.7 Å². The van der Waals surface area contributed by atoms with Crippen LogP contribution in [0.4, 0.5) is 13.2 Å². The van der Waals surface area contributed by atoms with Crippen LogP contribution in [-0.2, 0) is 6.18 Å². The fourth-order valence-electron chi connectivity index (χ4n) is 1.29. The number of aliphatic hydroxyl groups excluding tert-OH is 2. The van der Waals surface area contributed by atoms with E-state index in [9.17, 15) is 23.4 Å². The van der Waals surface area contributed by atoms with Gasteiger partial charge in [0.2, 0.25) is 0 Å². The van der Waals surface area contributed by atoms with Gasteiger partial charge in [0.15, 0.2) is 0 Å². The first-order chi connectivity index (χ1) is 7.75. The number of halogens is 3. The van der Waals surface area contributed by atoms with Gasteiger partial charge in [-0.05, 0) is 23.8 Å². The molecule has 2 unspecified atom stereocenters. The summed E-state index contributed by atoms with van der Waals surface area (Å²) in [5.74, 6) is -0.738. The molecule has 0 saturated heterocycles. The number of aromatic hydroxyl groups is 1. The number of thiol groups is 1. The van der Waals surface area contributed by atoms with Gasteiger partial charge >= 0.3 is 6.18 Å². The summed E-state index contributed by atoms with van der Waals surface area (Å²) in [7, 11) is 0. The highest BCUT2D eigenvalue weighted by Crippen LogP contribution is 2.34. The summed E-state index contributed by atoms with van der Waals surface area (Å²) in [6.07, 6.45) is -7.46. The van der Waals surface area contributed by atoms with Crippen LogP contribution >= 0.6 is 12.6 Å². The van der Waals surface area contributed by atoms with Crippen molar-refractivity contribution < 1.29 is 28.5 Å². The van der Waals surface area contributed by atoms with Crippen LogP contribution in [0, 0.1) is 0 Å². The molecular formula is C10H11F3O3S. The molecular weight excluding hydrogens is 257 g/mol. The molecule has 1 aromatic rings. The average molecular weight is 268 g/mol. The number of phenolic OH excluding ortho intramolecular Hbond substituents is 1. The van der Waals surface area contributed by atoms with E-state index in [1.54, 1.807) is 0 Å². The van der Waals surface area contributed by atoms with Crippen LogP contribution in [0.25, 0.3) is 0 Å². The van der Waals surface area contributed by atoms with Gasteiger partial charge in [0.1, 0.15) is 11.9 Å². The van der Waals surface area contributed by atoms with Crippen molar-refractivity contribution in [3.63, 3.8) is 0 Å². The van der Waals surface area contributed by atoms with Gasteiger partial charge in [0, 0.05) is 5.75 Å². The van der Waals surface area contributed by atoms with Crippen molar-refractivity contribution in [3.8, 4) is 5.75 Å². The molecule has 17 heavy (non-hydrogen) atoms. The lowest BCUT2D eigenvalue weighted by Gasteiger charge is -2.18. The Morgan fingerprint density at radius 1 is 1.18 bits per heavy atom. The first-order valence-corrected chi connectivity index (χ1v) is 5.27. The van der Waals surface area contributed by atoms with Gasteiger partial charge in [-0.25, -0.2) is 0 Å². The van der Waals surface area contributed by atoms with Crippen molar-refractivity contribution in [2.75, 3.05) is 5.75 Å². The molecule has 0 aliphatic heterocycles. The molecule has 1 aromatic carbocycles. The Morgan fingerprint density at radius 2 is 1.76 bits per heavy atom. The van der Waals surface area contributed by atoms with Crippen LogP contribution in [0.2, 0.25) is 0 Å². The molecule has 2 atom stereocenters. The molecule has 0 amide bonds. The predicted molar refractivity (Wildman–Crippen MR) is 57.9 cm³/mol. The number of rotatable bonds is 3. The van der Waals surface area contributed by atoms with Crippen LogP contribution in [0.1, 0.15) is 17.2 Å². The second-order valence-corrected chi connectivity index (χ2v) is 3.87. The molecule has 0 aliphatic rings. The van der Waals surface area contributed by atoms with E-state index in [-0.39, 0.29) is 11.3 Å². The molecule has 3 N–H and O–H groups in total. The van der Waals surface area contributed by atoms with Gasteiger partial charge in [0.05, 0.1) is 11.7 Å². The van der Waals surface area contributed by atoms with E-state index >= 15 is 0 Å². The molecule has 0 aliphatic carbocycles. The van der Waals surface area contributed by atoms with Crippen LogP contribution < -0.4 is 0 Å². The molecule has 0 radical (unpaired) electrons. The van der Waals surface area contributed by atoms with Gasteiger partial charge < -0.3 is 15.3 Å². The van der Waals surface area contributed by atoms with Gasteiger partial charge in [-0.15, -0.1) is 0 Å². The van der Waals surface area contributed by atoms with E-state index in [2.05, 4.69) is 12.6 Å². The lowest BCUT2D eigenvalue weighted by atomic mass is 10.0. The Balaban J connectivity index is 3.14. The van der Waals surface area contributed by atoms with Crippen molar-refractivity contribution in [3.05, 3.63) is 29.3 Å². The SMILES string of the molecule is Oc1cc(C(O)C(O)CS)cc(C(F)(F)F)c1. The predicted octanol–water partition coefficient (Wildman–Crippen LogP) is 1.74. The third-order valence-corrected chi connectivity index (χ3v) is 2.53. The Hall–Kier alpha value is -0.920. The number of hydrogen-bond acceptors (Lipinski definition) is 4. The number of alkyl halides is 3. The third-order valence-electron chi connectivity index (χ3n) is 2.16. The zero-order valence-corrected chi connectivity index (χ0v) is 9.41. The Bertz CT molecular complexity index is 395. The van der Waals surface area contributed by atoms with Crippen molar-refractivity contribution in [1.82, 2.24) is 0 Å². The zero-order valence-electron chi connectivity index (χ0n) is 8.52. The zero-order chi connectivity index (χ0) is 13.2. The topological polar surface area (TPSA) is 60.7 Å². The molecule has 7 heteroatoms. The lowest BCUT2D eigenvalue weighted by Crippen LogP contribution is -2.20. The summed E-state index contributed by atoms with van der Waals surface area (Å²) in [6, 6.07) is 2.19. The minimum absolute atomic E-state index is 0.113. The maximum atomic E-state index is 12.4. The molecule has 0 spiro atoms. The van der Waals surface area contributed by atoms with Gasteiger partial charge in [-0.2, -0.15) is 25.8 Å². The quantitative estimate of drug-likeness (QED) is 0.631. The Labute approximate surface area is 101 Å². The third kappa shape index (κ3) is 3.52. The molecule has 96 valence electrons. The number of aliphatic hydroxyl groups is 2. The van der Waals surface area contributed by atoms with E-state index in [0.717, 1.165) is 6.07 Å². The molecule has 0 fully saturated rings. The van der Waals surface area contributed by atoms with Crippen molar-refractivity contribution in [1.29, 1.82) is 0 Å². The molecule has 0 aromatic heterocycles. The minimum atomic E-state index is -4.63. The van der Waals surface area contributed by atoms with Crippen LogP contribution in [0.3, 0.4) is 0 Å². The van der Waals surface area contributed by atoms with Gasteiger partial charge in [-0.1, -0.05) is 0 Å². The first kappa shape index (κ1) is 14.1. The van der Waals surface area contributed by atoms with E-state index in [1.807, 2.05) is 0 Å². The summed E-state index contributed by atoms with van der Waals surface area (Å²) in [5.41, 5.74) is -1.29. The fraction of sp³-hybridized carbons (Fsp3) is 0.400. The van der Waals surface area contributed by atoms with E-state index in [1.165, 1.54) is 0 Å². The van der Waals surface area contributed by atoms with Crippen molar-refractivity contribution in [2.45, 2.75) is 18.4 Å². The maximum absolute atomic E-state index is 12.4. The number of phenols is 1. The highest BCUT2D eigenvalue weighted by atomic mass is 32.1. The first-order valence-electron chi connectivity index (χ1n) is 4.64. The summed E-state index contributed by atoms with van der Waals surface area (Å²) < 4.78 is 37.3. The molecule has 0 saturated carbocycles. The fourth-order valence-corrected chi connectivity index (χ4v) is 1.49. The van der Waals surface area contributed by atoms with Gasteiger partial charge in [0.25, 0.3) is 0 Å². The average Bonchev–Trinajstić information content (AvgIpc) is 2.25. The van der Waals surface area contributed by atoms with Crippen molar-refractivity contribution in [2.24, 2.45) is 0 Å². The number of benzene rings is 1. The van der Waals surface area contributed by atoms with E-state index in [0.29, 0.717) is 12.1 Å². The highest BCUT2D eigenvalue weighted by Gasteiger charge is 2.32. The van der Waals surface area contributed by atoms with E-state index in [4.69, 9.17) is 5.11 Å². The van der Waals surface area contributed by atoms with Crippen LogP contribution in [-0.4, -0.2) is 27.2 Å². The smallest absolute Gasteiger partial charge is 0.416 e. The van der Waals surface area contributed by atoms with Crippen LogP contribution in [0.15, 0.2) is 18.2 Å². The summed E-state index contributed by atoms with van der Waals surface area (Å²) >= 11 is 3.72. The Kier molecular flexibility index (Phi) is 4.29. The molecule has 0 bridgehead atoms. The summed E-state index contributed by atoms with van der Waals surface area (Å²) in [6.45, 7) is 0. The largest absolute Gasteiger partial charge is 0.508 e. The lowest BCUT2D eigenvalue weighted by molar-refractivity contribution is -0.137. The molecule has 0 heterocycles. The second kappa shape index (κ2) is 5.16. The van der Waals surface area contributed by atoms with Crippen molar-refractivity contribution >= 4 is 12.6 Å². The highest BCUT2D eigenvalue weighted by molar-refractivity contribution is 7.80. The number of hydrogen-bond donors (Lipinski definition) is 4. The van der Waals surface area contributed by atoms with Crippen LogP contribution in [0.5, 0.6) is 5.75 Å². The normalized spacial score (nSPS) is 15.6. The second-order valence-electron chi connectivity index (χ2n) is 3.51. The standard InChI is InChI=1S/C10H11F3O3S/c11-10(12,13)6-1-5(2-7(14)3-6)9(16)8(15)4-17/h1-3,8-9,14-17H,4H2. The summed E-state index contributed by atoms with van der Waals surface area (Å²) in [4.78, 5) is 0. The molecule has 1 rings (SSSR count). The summed E-state index contributed by atoms with van der Waals surface area (Å²) in [5, 5.41) is 28.0. The monoisotopic (exact) mass is 268 g/mol. The van der Waals surface area contributed by atoms with Gasteiger partial charge in [-0.3, -0.25) is 0 Å². The minimum Gasteiger partial charge on any atom is -0.508 e.